The molecule has 0 amide bonds. The molecule has 8 heteroatoms. The minimum Gasteiger partial charge on any atom is -0.357 e. The van der Waals surface area contributed by atoms with Gasteiger partial charge in [0.2, 0.25) is 0 Å². The standard InChI is InChI=1S/C20H26N6S.HI/c1-5-21-20(24-13-18-12-22-16(4)27-18)23-11-17-8-6-7-9-19(17)26-15(3)10-14(2)25-26;/h6-10,12H,5,11,13H2,1-4H3,(H2,21,23,24);1H. The van der Waals surface area contributed by atoms with Crippen LogP contribution in [0.5, 0.6) is 0 Å². The highest BCUT2D eigenvalue weighted by atomic mass is 127. The minimum absolute atomic E-state index is 0. The fraction of sp³-hybridized carbons (Fsp3) is 0.350. The van der Waals surface area contributed by atoms with Gasteiger partial charge in [-0.2, -0.15) is 5.10 Å². The molecule has 0 aliphatic rings. The molecule has 0 aliphatic carbocycles. The van der Waals surface area contributed by atoms with Gasteiger partial charge in [0, 0.05) is 23.3 Å². The molecule has 0 atom stereocenters. The van der Waals surface area contributed by atoms with Gasteiger partial charge < -0.3 is 10.6 Å². The van der Waals surface area contributed by atoms with E-state index >= 15 is 0 Å². The average Bonchev–Trinajstić information content (AvgIpc) is 3.22. The van der Waals surface area contributed by atoms with E-state index in [-0.39, 0.29) is 24.0 Å². The van der Waals surface area contributed by atoms with E-state index in [9.17, 15) is 0 Å². The van der Waals surface area contributed by atoms with Crippen LogP contribution in [-0.2, 0) is 13.1 Å². The Bertz CT molecular complexity index is 930. The van der Waals surface area contributed by atoms with Crippen LogP contribution >= 0.6 is 35.3 Å². The summed E-state index contributed by atoms with van der Waals surface area (Å²) in [5.74, 6) is 0.798. The van der Waals surface area contributed by atoms with Crippen LogP contribution in [0.25, 0.3) is 5.69 Å². The number of hydrogen-bond acceptors (Lipinski definition) is 4. The summed E-state index contributed by atoms with van der Waals surface area (Å²) in [6.07, 6.45) is 1.91. The molecule has 2 heterocycles. The largest absolute Gasteiger partial charge is 0.357 e. The van der Waals surface area contributed by atoms with Crippen LogP contribution in [0.1, 0.15) is 33.8 Å². The Morgan fingerprint density at radius 2 is 1.96 bits per heavy atom. The second kappa shape index (κ2) is 10.6. The number of aliphatic imine (C=N–C) groups is 1. The van der Waals surface area contributed by atoms with Gasteiger partial charge in [0.05, 0.1) is 29.5 Å². The summed E-state index contributed by atoms with van der Waals surface area (Å²) in [7, 11) is 0. The number of aryl methyl sites for hydroxylation is 3. The molecule has 0 spiro atoms. The lowest BCUT2D eigenvalue weighted by Crippen LogP contribution is -2.36. The maximum atomic E-state index is 4.77. The Labute approximate surface area is 187 Å². The Balaban J connectivity index is 0.00000280. The predicted octanol–water partition coefficient (Wildman–Crippen LogP) is 4.13. The lowest BCUT2D eigenvalue weighted by Gasteiger charge is -2.12. The van der Waals surface area contributed by atoms with Crippen molar-refractivity contribution in [3.63, 3.8) is 0 Å². The zero-order valence-electron chi connectivity index (χ0n) is 16.7. The maximum absolute atomic E-state index is 4.77. The van der Waals surface area contributed by atoms with Crippen molar-refractivity contribution < 1.29 is 0 Å². The number of rotatable bonds is 6. The number of halogens is 1. The molecule has 0 aliphatic heterocycles. The zero-order valence-corrected chi connectivity index (χ0v) is 19.8. The molecule has 3 aromatic rings. The molecule has 28 heavy (non-hydrogen) atoms. The molecule has 6 nitrogen and oxygen atoms in total. The molecule has 2 N–H and O–H groups in total. The highest BCUT2D eigenvalue weighted by Crippen LogP contribution is 2.18. The number of nitrogens with zero attached hydrogens (tertiary/aromatic N) is 4. The predicted molar refractivity (Wildman–Crippen MR) is 127 cm³/mol. The van der Waals surface area contributed by atoms with Gasteiger partial charge in [-0.3, -0.25) is 0 Å². The Kier molecular flexibility index (Phi) is 8.43. The summed E-state index contributed by atoms with van der Waals surface area (Å²) in [6, 6.07) is 10.4. The third-order valence-electron chi connectivity index (χ3n) is 4.08. The van der Waals surface area contributed by atoms with Crippen molar-refractivity contribution in [2.24, 2.45) is 4.99 Å². The smallest absolute Gasteiger partial charge is 0.191 e. The summed E-state index contributed by atoms with van der Waals surface area (Å²) in [4.78, 5) is 10.3. The molecule has 0 saturated carbocycles. The van der Waals surface area contributed by atoms with Gasteiger partial charge in [-0.25, -0.2) is 14.7 Å². The van der Waals surface area contributed by atoms with E-state index in [1.165, 1.54) is 4.88 Å². The van der Waals surface area contributed by atoms with Crippen molar-refractivity contribution in [3.8, 4) is 5.69 Å². The highest BCUT2D eigenvalue weighted by Gasteiger charge is 2.09. The van der Waals surface area contributed by atoms with Crippen LogP contribution in [0.4, 0.5) is 0 Å². The van der Waals surface area contributed by atoms with Gasteiger partial charge >= 0.3 is 0 Å². The molecule has 1 aromatic carbocycles. The topological polar surface area (TPSA) is 67.1 Å². The first-order valence-electron chi connectivity index (χ1n) is 9.12. The molecule has 0 radical (unpaired) electrons. The fourth-order valence-corrected chi connectivity index (χ4v) is 3.62. The number of aromatic nitrogens is 3. The van der Waals surface area contributed by atoms with Gasteiger partial charge in [0.15, 0.2) is 5.96 Å². The van der Waals surface area contributed by atoms with Crippen LogP contribution in [0, 0.1) is 20.8 Å². The summed E-state index contributed by atoms with van der Waals surface area (Å²) >= 11 is 1.70. The van der Waals surface area contributed by atoms with E-state index in [4.69, 9.17) is 4.99 Å². The van der Waals surface area contributed by atoms with E-state index < -0.39 is 0 Å². The Hall–Kier alpha value is -1.94. The third-order valence-corrected chi connectivity index (χ3v) is 4.99. The molecule has 150 valence electrons. The quantitative estimate of drug-likeness (QED) is 0.298. The molecular weight excluding hydrogens is 483 g/mol. The van der Waals surface area contributed by atoms with Crippen LogP contribution in [-0.4, -0.2) is 27.3 Å². The number of hydrogen-bond donors (Lipinski definition) is 2. The van der Waals surface area contributed by atoms with Crippen molar-refractivity contribution in [3.05, 3.63) is 63.4 Å². The van der Waals surface area contributed by atoms with Crippen LogP contribution in [0.2, 0.25) is 0 Å². The number of guanidine groups is 1. The first kappa shape index (κ1) is 22.4. The number of nitrogens with one attached hydrogen (secondary N) is 2. The van der Waals surface area contributed by atoms with Crippen LogP contribution in [0.3, 0.4) is 0 Å². The summed E-state index contributed by atoms with van der Waals surface area (Å²) in [5.41, 5.74) is 4.34. The normalized spacial score (nSPS) is 11.2. The summed E-state index contributed by atoms with van der Waals surface area (Å²) in [5, 5.41) is 12.4. The van der Waals surface area contributed by atoms with Crippen molar-refractivity contribution in [1.82, 2.24) is 25.4 Å². The highest BCUT2D eigenvalue weighted by molar-refractivity contribution is 14.0. The van der Waals surface area contributed by atoms with E-state index in [0.29, 0.717) is 6.54 Å². The zero-order chi connectivity index (χ0) is 19.2. The number of benzene rings is 1. The Morgan fingerprint density at radius 3 is 2.61 bits per heavy atom. The summed E-state index contributed by atoms with van der Waals surface area (Å²) < 4.78 is 1.99. The van der Waals surface area contributed by atoms with Crippen molar-refractivity contribution in [1.29, 1.82) is 0 Å². The van der Waals surface area contributed by atoms with Gasteiger partial charge in [-0.15, -0.1) is 35.3 Å². The minimum atomic E-state index is 0. The molecule has 0 saturated heterocycles. The Morgan fingerprint density at radius 1 is 1.18 bits per heavy atom. The molecule has 0 fully saturated rings. The van der Waals surface area contributed by atoms with Gasteiger partial charge in [0.1, 0.15) is 0 Å². The fourth-order valence-electron chi connectivity index (χ4n) is 2.89. The van der Waals surface area contributed by atoms with E-state index in [2.05, 4.69) is 52.8 Å². The first-order chi connectivity index (χ1) is 13.1. The van der Waals surface area contributed by atoms with Crippen molar-refractivity contribution >= 4 is 41.3 Å². The van der Waals surface area contributed by atoms with E-state index in [1.54, 1.807) is 11.3 Å². The molecular formula is C20H27IN6S. The van der Waals surface area contributed by atoms with E-state index in [0.717, 1.165) is 46.7 Å². The lowest BCUT2D eigenvalue weighted by atomic mass is 10.2. The molecule has 0 bridgehead atoms. The van der Waals surface area contributed by atoms with E-state index in [1.807, 2.05) is 36.9 Å². The molecule has 0 unspecified atom stereocenters. The third kappa shape index (κ3) is 5.78. The second-order valence-electron chi connectivity index (χ2n) is 6.36. The number of thiazole rings is 1. The van der Waals surface area contributed by atoms with Gasteiger partial charge in [-0.1, -0.05) is 18.2 Å². The SMILES string of the molecule is CCNC(=NCc1ccccc1-n1nc(C)cc1C)NCc1cnc(C)s1.I. The second-order valence-corrected chi connectivity index (χ2v) is 7.68. The monoisotopic (exact) mass is 510 g/mol. The van der Waals surface area contributed by atoms with Gasteiger partial charge in [-0.05, 0) is 45.4 Å². The molecule has 2 aromatic heterocycles. The molecule has 3 rings (SSSR count). The first-order valence-corrected chi connectivity index (χ1v) is 9.93. The summed E-state index contributed by atoms with van der Waals surface area (Å²) in [6.45, 7) is 10.3. The lowest BCUT2D eigenvalue weighted by molar-refractivity contribution is 0.803. The van der Waals surface area contributed by atoms with Crippen LogP contribution < -0.4 is 10.6 Å². The number of para-hydroxylation sites is 1. The van der Waals surface area contributed by atoms with Crippen LogP contribution in [0.15, 0.2) is 41.5 Å². The van der Waals surface area contributed by atoms with Crippen molar-refractivity contribution in [2.45, 2.75) is 40.8 Å². The van der Waals surface area contributed by atoms with Gasteiger partial charge in [0.25, 0.3) is 0 Å². The van der Waals surface area contributed by atoms with Crippen molar-refractivity contribution in [2.75, 3.05) is 6.54 Å². The maximum Gasteiger partial charge on any atom is 0.191 e. The average molecular weight is 510 g/mol.